The number of carbonyl (C=O) groups excluding carboxylic acids is 1. The van der Waals surface area contributed by atoms with Gasteiger partial charge in [0.05, 0.1) is 0 Å². The van der Waals surface area contributed by atoms with Gasteiger partial charge in [0.2, 0.25) is 5.91 Å². The molecule has 4 heteroatoms. The highest BCUT2D eigenvalue weighted by molar-refractivity contribution is 5.89. The van der Waals surface area contributed by atoms with E-state index >= 15 is 0 Å². The first-order valence-electron chi connectivity index (χ1n) is 5.93. The zero-order valence-electron chi connectivity index (χ0n) is 9.88. The molecule has 0 bridgehead atoms. The lowest BCUT2D eigenvalue weighted by Crippen LogP contribution is -2.50. The lowest BCUT2D eigenvalue weighted by molar-refractivity contribution is -0.146. The first kappa shape index (κ1) is 11.4. The van der Waals surface area contributed by atoms with Crippen molar-refractivity contribution in [3.05, 3.63) is 0 Å². The van der Waals surface area contributed by atoms with Crippen molar-refractivity contribution in [1.29, 1.82) is 0 Å². The molecule has 0 aromatic heterocycles. The van der Waals surface area contributed by atoms with Crippen molar-refractivity contribution in [2.24, 2.45) is 11.3 Å². The van der Waals surface area contributed by atoms with Crippen molar-refractivity contribution in [1.82, 2.24) is 5.32 Å². The number of carboxylic acids is 1. The molecule has 0 saturated heterocycles. The van der Waals surface area contributed by atoms with Gasteiger partial charge in [-0.05, 0) is 38.5 Å². The standard InChI is InChI=1S/C12H19NO3/c1-11(2,10(15)16)13-9(14)8-7-12(8)5-3-4-6-12/h8H,3-7H2,1-2H3,(H,13,14)(H,15,16). The minimum atomic E-state index is -1.15. The second kappa shape index (κ2) is 3.47. The van der Waals surface area contributed by atoms with E-state index in [1.807, 2.05) is 0 Å². The van der Waals surface area contributed by atoms with Gasteiger partial charge in [-0.15, -0.1) is 0 Å². The smallest absolute Gasteiger partial charge is 0.328 e. The van der Waals surface area contributed by atoms with Crippen LogP contribution in [0.4, 0.5) is 0 Å². The van der Waals surface area contributed by atoms with E-state index in [9.17, 15) is 9.59 Å². The molecule has 16 heavy (non-hydrogen) atoms. The van der Waals surface area contributed by atoms with Gasteiger partial charge in [-0.1, -0.05) is 12.8 Å². The predicted molar refractivity (Wildman–Crippen MR) is 58.9 cm³/mol. The van der Waals surface area contributed by atoms with E-state index in [1.54, 1.807) is 0 Å². The highest BCUT2D eigenvalue weighted by Crippen LogP contribution is 2.62. The van der Waals surface area contributed by atoms with Crippen LogP contribution in [0.1, 0.15) is 46.0 Å². The summed E-state index contributed by atoms with van der Waals surface area (Å²) in [4.78, 5) is 22.8. The van der Waals surface area contributed by atoms with Crippen molar-refractivity contribution < 1.29 is 14.7 Å². The maximum atomic E-state index is 11.9. The second-order valence-electron chi connectivity index (χ2n) is 5.75. The quantitative estimate of drug-likeness (QED) is 0.765. The SMILES string of the molecule is CC(C)(NC(=O)C1CC12CCCC2)C(=O)O. The molecule has 2 rings (SSSR count). The lowest BCUT2D eigenvalue weighted by atomic mass is 10.0. The Bertz CT molecular complexity index is 329. The Hall–Kier alpha value is -1.06. The number of hydrogen-bond acceptors (Lipinski definition) is 2. The largest absolute Gasteiger partial charge is 0.480 e. The molecule has 0 aromatic carbocycles. The molecule has 4 nitrogen and oxygen atoms in total. The fourth-order valence-corrected chi connectivity index (χ4v) is 2.80. The van der Waals surface area contributed by atoms with Crippen molar-refractivity contribution in [3.63, 3.8) is 0 Å². The number of nitrogens with one attached hydrogen (secondary N) is 1. The highest BCUT2D eigenvalue weighted by atomic mass is 16.4. The van der Waals surface area contributed by atoms with Gasteiger partial charge in [0.15, 0.2) is 0 Å². The monoisotopic (exact) mass is 225 g/mol. The summed E-state index contributed by atoms with van der Waals surface area (Å²) >= 11 is 0. The number of carboxylic acid groups (broad SMARTS) is 1. The highest BCUT2D eigenvalue weighted by Gasteiger charge is 2.59. The molecular weight excluding hydrogens is 206 g/mol. The fourth-order valence-electron chi connectivity index (χ4n) is 2.80. The van der Waals surface area contributed by atoms with Crippen molar-refractivity contribution in [3.8, 4) is 0 Å². The van der Waals surface area contributed by atoms with E-state index in [2.05, 4.69) is 5.32 Å². The number of amides is 1. The Morgan fingerprint density at radius 2 is 1.88 bits per heavy atom. The molecule has 2 aliphatic rings. The Labute approximate surface area is 95.4 Å². The average molecular weight is 225 g/mol. The summed E-state index contributed by atoms with van der Waals surface area (Å²) in [6.07, 6.45) is 5.66. The Kier molecular flexibility index (Phi) is 2.48. The van der Waals surface area contributed by atoms with Crippen molar-refractivity contribution in [2.75, 3.05) is 0 Å². The lowest BCUT2D eigenvalue weighted by Gasteiger charge is -2.21. The first-order valence-corrected chi connectivity index (χ1v) is 5.93. The minimum Gasteiger partial charge on any atom is -0.480 e. The van der Waals surface area contributed by atoms with Gasteiger partial charge < -0.3 is 10.4 Å². The van der Waals surface area contributed by atoms with Crippen LogP contribution in [0.5, 0.6) is 0 Å². The average Bonchev–Trinajstić information content (AvgIpc) is 2.64. The second-order valence-corrected chi connectivity index (χ2v) is 5.75. The van der Waals surface area contributed by atoms with Crippen LogP contribution >= 0.6 is 0 Å². The molecule has 0 radical (unpaired) electrons. The molecule has 2 aliphatic carbocycles. The van der Waals surface area contributed by atoms with Gasteiger partial charge in [-0.2, -0.15) is 0 Å². The van der Waals surface area contributed by atoms with Crippen LogP contribution in [-0.2, 0) is 9.59 Å². The summed E-state index contributed by atoms with van der Waals surface area (Å²) in [5.41, 5.74) is -0.919. The normalized spacial score (nSPS) is 26.8. The Morgan fingerprint density at radius 3 is 2.38 bits per heavy atom. The van der Waals surface area contributed by atoms with Gasteiger partial charge in [0.25, 0.3) is 0 Å². The van der Waals surface area contributed by atoms with Crippen LogP contribution in [0.3, 0.4) is 0 Å². The molecule has 2 fully saturated rings. The van der Waals surface area contributed by atoms with Crippen molar-refractivity contribution in [2.45, 2.75) is 51.5 Å². The third-order valence-electron chi connectivity index (χ3n) is 4.08. The molecule has 0 aromatic rings. The van der Waals surface area contributed by atoms with Gasteiger partial charge >= 0.3 is 5.97 Å². The Balaban J connectivity index is 1.93. The zero-order valence-corrected chi connectivity index (χ0v) is 9.88. The van der Waals surface area contributed by atoms with Crippen molar-refractivity contribution >= 4 is 11.9 Å². The molecule has 1 atom stereocenters. The number of carbonyl (C=O) groups is 2. The van der Waals surface area contributed by atoms with Gasteiger partial charge in [0.1, 0.15) is 5.54 Å². The molecule has 0 heterocycles. The number of aliphatic carboxylic acids is 1. The summed E-state index contributed by atoms with van der Waals surface area (Å²) in [6.45, 7) is 3.05. The molecule has 0 aliphatic heterocycles. The summed E-state index contributed by atoms with van der Waals surface area (Å²) in [5.74, 6) is -0.995. The van der Waals surface area contributed by atoms with E-state index in [0.717, 1.165) is 19.3 Å². The third-order valence-corrected chi connectivity index (χ3v) is 4.08. The molecule has 90 valence electrons. The summed E-state index contributed by atoms with van der Waals surface area (Å²) < 4.78 is 0. The third kappa shape index (κ3) is 1.81. The van der Waals surface area contributed by atoms with E-state index in [1.165, 1.54) is 26.7 Å². The fraction of sp³-hybridized carbons (Fsp3) is 0.833. The zero-order chi connectivity index (χ0) is 12.0. The number of rotatable bonds is 3. The van der Waals surface area contributed by atoms with Crippen LogP contribution < -0.4 is 5.32 Å². The Morgan fingerprint density at radius 1 is 1.31 bits per heavy atom. The van der Waals surface area contributed by atoms with E-state index in [-0.39, 0.29) is 17.2 Å². The van der Waals surface area contributed by atoms with Crippen LogP contribution in [-0.4, -0.2) is 22.5 Å². The van der Waals surface area contributed by atoms with E-state index in [4.69, 9.17) is 5.11 Å². The summed E-state index contributed by atoms with van der Waals surface area (Å²) in [5, 5.41) is 11.6. The molecule has 2 saturated carbocycles. The first-order chi connectivity index (χ1) is 7.37. The topological polar surface area (TPSA) is 66.4 Å². The van der Waals surface area contributed by atoms with E-state index < -0.39 is 11.5 Å². The van der Waals surface area contributed by atoms with Gasteiger partial charge in [-0.3, -0.25) is 4.79 Å². The van der Waals surface area contributed by atoms with Crippen LogP contribution in [0.15, 0.2) is 0 Å². The molecular formula is C12H19NO3. The maximum absolute atomic E-state index is 11.9. The van der Waals surface area contributed by atoms with Gasteiger partial charge in [-0.25, -0.2) is 4.79 Å². The van der Waals surface area contributed by atoms with Crippen LogP contribution in [0, 0.1) is 11.3 Å². The van der Waals surface area contributed by atoms with Crippen LogP contribution in [0.2, 0.25) is 0 Å². The molecule has 1 amide bonds. The summed E-state index contributed by atoms with van der Waals surface area (Å²) in [7, 11) is 0. The molecule has 2 N–H and O–H groups in total. The summed E-state index contributed by atoms with van der Waals surface area (Å²) in [6, 6.07) is 0. The number of hydrogen-bond donors (Lipinski definition) is 2. The predicted octanol–water partition coefficient (Wildman–Crippen LogP) is 1.55. The molecule has 1 unspecified atom stereocenters. The minimum absolute atomic E-state index is 0.0635. The maximum Gasteiger partial charge on any atom is 0.328 e. The van der Waals surface area contributed by atoms with Gasteiger partial charge in [0, 0.05) is 5.92 Å². The van der Waals surface area contributed by atoms with E-state index in [0.29, 0.717) is 0 Å². The van der Waals surface area contributed by atoms with Crippen LogP contribution in [0.25, 0.3) is 0 Å². The molecule has 1 spiro atoms.